The summed E-state index contributed by atoms with van der Waals surface area (Å²) in [5.41, 5.74) is 0.668. The number of carbonyl (C=O) groups excluding carboxylic acids is 2. The van der Waals surface area contributed by atoms with E-state index < -0.39 is 41.8 Å². The van der Waals surface area contributed by atoms with E-state index >= 15 is 0 Å². The van der Waals surface area contributed by atoms with Crippen LogP contribution in [-0.2, 0) is 48.2 Å². The van der Waals surface area contributed by atoms with E-state index in [-0.39, 0.29) is 19.6 Å². The smallest absolute Gasteiger partial charge is 0.422 e. The van der Waals surface area contributed by atoms with Gasteiger partial charge in [-0.05, 0) is 37.5 Å². The minimum Gasteiger partial charge on any atom is -0.444 e. The number of hydrogen-bond acceptors (Lipinski definition) is 8. The molecule has 4 atom stereocenters. The minimum atomic E-state index is -1.46. The molecule has 228 valence electrons. The van der Waals surface area contributed by atoms with E-state index in [9.17, 15) is 9.59 Å². The molecule has 2 heterocycles. The fourth-order valence-corrected chi connectivity index (χ4v) is 5.23. The monoisotopic (exact) mass is 589 g/mol. The number of amides is 2. The number of nitrogens with zero attached hydrogens (tertiary/aromatic N) is 1. The molecule has 2 saturated heterocycles. The summed E-state index contributed by atoms with van der Waals surface area (Å²) in [6.07, 6.45) is -3.42. The molecule has 0 aromatic heterocycles. The van der Waals surface area contributed by atoms with E-state index in [1.54, 1.807) is 20.8 Å². The van der Waals surface area contributed by atoms with Gasteiger partial charge in [0, 0.05) is 6.42 Å². The second kappa shape index (κ2) is 13.7. The van der Waals surface area contributed by atoms with Gasteiger partial charge >= 0.3 is 12.2 Å². The molecule has 0 bridgehead atoms. The first-order chi connectivity index (χ1) is 20.7. The predicted octanol–water partition coefficient (Wildman–Crippen LogP) is 6.25. The number of carbonyl (C=O) groups is 2. The van der Waals surface area contributed by atoms with Crippen molar-refractivity contribution in [3.8, 4) is 0 Å². The van der Waals surface area contributed by atoms with Gasteiger partial charge in [0.05, 0.1) is 32.5 Å². The summed E-state index contributed by atoms with van der Waals surface area (Å²) in [5.74, 6) is 0. The Morgan fingerprint density at radius 1 is 0.837 bits per heavy atom. The van der Waals surface area contributed by atoms with E-state index in [4.69, 9.17) is 28.4 Å². The van der Waals surface area contributed by atoms with Crippen LogP contribution in [-0.4, -0.2) is 59.9 Å². The van der Waals surface area contributed by atoms with Crippen LogP contribution in [0, 0.1) is 0 Å². The van der Waals surface area contributed by atoms with Gasteiger partial charge in [0.25, 0.3) is 0 Å². The molecule has 2 aliphatic rings. The van der Waals surface area contributed by atoms with Gasteiger partial charge < -0.3 is 28.4 Å². The molecule has 1 spiro atoms. The average molecular weight is 590 g/mol. The van der Waals surface area contributed by atoms with Crippen molar-refractivity contribution in [1.29, 1.82) is 0 Å². The second-order valence-electron chi connectivity index (χ2n) is 11.8. The van der Waals surface area contributed by atoms with Gasteiger partial charge in [0.15, 0.2) is 5.72 Å². The van der Waals surface area contributed by atoms with Gasteiger partial charge in [0.2, 0.25) is 0 Å². The number of rotatable bonds is 10. The van der Waals surface area contributed by atoms with Crippen molar-refractivity contribution >= 4 is 12.2 Å². The summed E-state index contributed by atoms with van der Waals surface area (Å²) < 4.78 is 36.8. The summed E-state index contributed by atoms with van der Waals surface area (Å²) in [7, 11) is 0. The molecule has 1 unspecified atom stereocenters. The van der Waals surface area contributed by atoms with Gasteiger partial charge in [-0.25, -0.2) is 9.59 Å². The zero-order valence-electron chi connectivity index (χ0n) is 24.8. The minimum absolute atomic E-state index is 0.123. The fourth-order valence-electron chi connectivity index (χ4n) is 5.23. The Morgan fingerprint density at radius 2 is 1.37 bits per heavy atom. The van der Waals surface area contributed by atoms with Crippen LogP contribution < -0.4 is 0 Å². The Morgan fingerprint density at radius 3 is 1.93 bits per heavy atom. The molecule has 0 saturated carbocycles. The van der Waals surface area contributed by atoms with Crippen LogP contribution in [0.4, 0.5) is 9.59 Å². The lowest BCUT2D eigenvalue weighted by Crippen LogP contribution is -2.64. The van der Waals surface area contributed by atoms with Crippen LogP contribution in [0.15, 0.2) is 91.0 Å². The zero-order chi connectivity index (χ0) is 30.3. The van der Waals surface area contributed by atoms with Crippen LogP contribution in [0.2, 0.25) is 0 Å². The van der Waals surface area contributed by atoms with Crippen molar-refractivity contribution in [3.05, 3.63) is 108 Å². The maximum atomic E-state index is 13.3. The second-order valence-corrected chi connectivity index (χ2v) is 11.8. The first kappa shape index (κ1) is 30.7. The third kappa shape index (κ3) is 8.00. The first-order valence-corrected chi connectivity index (χ1v) is 14.5. The van der Waals surface area contributed by atoms with Crippen LogP contribution in [0.1, 0.15) is 43.9 Å². The maximum Gasteiger partial charge on any atom is 0.422 e. The average Bonchev–Trinajstić information content (AvgIpc) is 3.31. The van der Waals surface area contributed by atoms with Crippen molar-refractivity contribution in [2.75, 3.05) is 13.2 Å². The first-order valence-electron chi connectivity index (χ1n) is 14.5. The Labute approximate surface area is 252 Å². The standard InChI is InChI=1S/C34H39NO8/c1-33(2,3)43-32(37)35-31(36)41-24-34(35)19-28(39-21-26-15-9-5-10-16-26)30(40-22-27-17-11-6-12-18-27)29(42-34)23-38-20-25-13-7-4-8-14-25/h4-18,28-30H,19-24H2,1-3H3/t28-,29?,30+,34-/m1/s1. The van der Waals surface area contributed by atoms with Crippen LogP contribution in [0.25, 0.3) is 0 Å². The number of hydrogen-bond donors (Lipinski definition) is 0. The molecule has 43 heavy (non-hydrogen) atoms. The Kier molecular flexibility index (Phi) is 9.77. The summed E-state index contributed by atoms with van der Waals surface area (Å²) in [5, 5.41) is 0. The molecule has 9 nitrogen and oxygen atoms in total. The highest BCUT2D eigenvalue weighted by molar-refractivity contribution is 5.90. The van der Waals surface area contributed by atoms with E-state index in [1.807, 2.05) is 91.0 Å². The van der Waals surface area contributed by atoms with E-state index in [0.29, 0.717) is 19.8 Å². The van der Waals surface area contributed by atoms with Crippen molar-refractivity contribution in [3.63, 3.8) is 0 Å². The lowest BCUT2D eigenvalue weighted by Gasteiger charge is -2.47. The zero-order valence-corrected chi connectivity index (χ0v) is 24.8. The lowest BCUT2D eigenvalue weighted by molar-refractivity contribution is -0.276. The number of imide groups is 1. The van der Waals surface area contributed by atoms with E-state index in [1.165, 1.54) is 0 Å². The van der Waals surface area contributed by atoms with Crippen molar-refractivity contribution in [2.24, 2.45) is 0 Å². The third-order valence-electron chi connectivity index (χ3n) is 7.20. The molecule has 3 aromatic rings. The quantitative estimate of drug-likeness (QED) is 0.274. The molecule has 0 N–H and O–H groups in total. The summed E-state index contributed by atoms with van der Waals surface area (Å²) in [6, 6.07) is 29.4. The van der Waals surface area contributed by atoms with Gasteiger partial charge in [-0.3, -0.25) is 0 Å². The van der Waals surface area contributed by atoms with Gasteiger partial charge in [0.1, 0.15) is 24.4 Å². The normalized spacial score (nSPS) is 23.7. The predicted molar refractivity (Wildman–Crippen MR) is 158 cm³/mol. The van der Waals surface area contributed by atoms with E-state index in [0.717, 1.165) is 21.6 Å². The third-order valence-corrected chi connectivity index (χ3v) is 7.20. The number of ether oxygens (including phenoxy) is 6. The molecule has 3 aromatic carbocycles. The summed E-state index contributed by atoms with van der Waals surface area (Å²) in [6.45, 7) is 6.12. The van der Waals surface area contributed by atoms with Crippen LogP contribution in [0.5, 0.6) is 0 Å². The SMILES string of the molecule is CC(C)(C)OC(=O)N1C(=O)OC[C@]12C[C@@H](OCc1ccccc1)[C@H](OCc1ccccc1)C(COCc1ccccc1)O2. The largest absolute Gasteiger partial charge is 0.444 e. The van der Waals surface area contributed by atoms with Crippen molar-refractivity contribution < 1.29 is 38.0 Å². The molecule has 2 aliphatic heterocycles. The number of cyclic esters (lactones) is 1. The van der Waals surface area contributed by atoms with Gasteiger partial charge in [-0.15, -0.1) is 0 Å². The topological polar surface area (TPSA) is 92.8 Å². The summed E-state index contributed by atoms with van der Waals surface area (Å²) in [4.78, 5) is 27.3. The molecule has 0 aliphatic carbocycles. The van der Waals surface area contributed by atoms with Crippen molar-refractivity contribution in [2.45, 2.75) is 76.7 Å². The fraction of sp³-hybridized carbons (Fsp3) is 0.412. The van der Waals surface area contributed by atoms with Gasteiger partial charge in [-0.1, -0.05) is 91.0 Å². The molecule has 2 fully saturated rings. The molecular weight excluding hydrogens is 550 g/mol. The molecule has 0 radical (unpaired) electrons. The van der Waals surface area contributed by atoms with E-state index in [2.05, 4.69) is 0 Å². The number of benzene rings is 3. The highest BCUT2D eigenvalue weighted by atomic mass is 16.7. The molecule has 5 rings (SSSR count). The van der Waals surface area contributed by atoms with Crippen LogP contribution in [0.3, 0.4) is 0 Å². The molecule has 2 amide bonds. The van der Waals surface area contributed by atoms with Crippen LogP contribution >= 0.6 is 0 Å². The molecule has 9 heteroatoms. The van der Waals surface area contributed by atoms with Crippen molar-refractivity contribution in [1.82, 2.24) is 4.90 Å². The lowest BCUT2D eigenvalue weighted by atomic mass is 9.92. The Hall–Kier alpha value is -3.76. The highest BCUT2D eigenvalue weighted by Crippen LogP contribution is 2.41. The maximum absolute atomic E-state index is 13.3. The Balaban J connectivity index is 1.44. The van der Waals surface area contributed by atoms with Gasteiger partial charge in [-0.2, -0.15) is 4.90 Å². The summed E-state index contributed by atoms with van der Waals surface area (Å²) >= 11 is 0. The Bertz CT molecular complexity index is 1330. The highest BCUT2D eigenvalue weighted by Gasteiger charge is 2.60. The molecular formula is C34H39NO8.